The number of rotatable bonds is 5. The van der Waals surface area contributed by atoms with E-state index in [0.29, 0.717) is 6.42 Å². The summed E-state index contributed by atoms with van der Waals surface area (Å²) in [7, 11) is -3.16. The van der Waals surface area contributed by atoms with E-state index in [1.807, 2.05) is 51.1 Å². The summed E-state index contributed by atoms with van der Waals surface area (Å²) in [6, 6.07) is 9.93. The van der Waals surface area contributed by atoms with E-state index in [1.165, 1.54) is 5.56 Å². The predicted molar refractivity (Wildman–Crippen MR) is 71.4 cm³/mol. The van der Waals surface area contributed by atoms with Crippen molar-refractivity contribution in [1.82, 2.24) is 4.72 Å². The predicted octanol–water partition coefficient (Wildman–Crippen LogP) is 2.34. The molecule has 0 aliphatic rings. The second-order valence-corrected chi connectivity index (χ2v) is 7.10. The Bertz CT molecular complexity index is 432. The van der Waals surface area contributed by atoms with E-state index in [-0.39, 0.29) is 5.75 Å². The van der Waals surface area contributed by atoms with Gasteiger partial charge in [0.1, 0.15) is 0 Å². The summed E-state index contributed by atoms with van der Waals surface area (Å²) >= 11 is 0. The molecule has 1 rings (SSSR count). The molecule has 0 aromatic heterocycles. The summed E-state index contributed by atoms with van der Waals surface area (Å²) in [5, 5.41) is 0. The lowest BCUT2D eigenvalue weighted by Gasteiger charge is -2.20. The quantitative estimate of drug-likeness (QED) is 0.877. The number of aryl methyl sites for hydroxylation is 1. The fraction of sp³-hybridized carbons (Fsp3) is 0.538. The highest BCUT2D eigenvalue weighted by atomic mass is 32.2. The molecular weight excluding hydrogens is 234 g/mol. The van der Waals surface area contributed by atoms with Crippen molar-refractivity contribution in [1.29, 1.82) is 0 Å². The Morgan fingerprint density at radius 3 is 2.24 bits per heavy atom. The monoisotopic (exact) mass is 255 g/mol. The first-order valence-corrected chi connectivity index (χ1v) is 7.49. The van der Waals surface area contributed by atoms with Crippen LogP contribution in [0.15, 0.2) is 30.3 Å². The van der Waals surface area contributed by atoms with Crippen LogP contribution in [0.4, 0.5) is 0 Å². The maximum atomic E-state index is 11.7. The van der Waals surface area contributed by atoms with Crippen molar-refractivity contribution >= 4 is 10.0 Å². The van der Waals surface area contributed by atoms with Gasteiger partial charge in [-0.1, -0.05) is 30.3 Å². The van der Waals surface area contributed by atoms with Crippen LogP contribution >= 0.6 is 0 Å². The van der Waals surface area contributed by atoms with Crippen LogP contribution in [0, 0.1) is 0 Å². The maximum absolute atomic E-state index is 11.7. The highest BCUT2D eigenvalue weighted by Crippen LogP contribution is 2.06. The molecule has 0 radical (unpaired) electrons. The second-order valence-electron chi connectivity index (χ2n) is 5.26. The number of sulfonamides is 1. The molecule has 0 saturated carbocycles. The minimum atomic E-state index is -3.16. The second kappa shape index (κ2) is 5.65. The number of hydrogen-bond donors (Lipinski definition) is 1. The Balaban J connectivity index is 2.41. The minimum absolute atomic E-state index is 0.180. The summed E-state index contributed by atoms with van der Waals surface area (Å²) in [6.07, 6.45) is 1.45. The Morgan fingerprint density at radius 2 is 1.71 bits per heavy atom. The Hall–Kier alpha value is -0.870. The Labute approximate surface area is 104 Å². The van der Waals surface area contributed by atoms with E-state index >= 15 is 0 Å². The fourth-order valence-electron chi connectivity index (χ4n) is 1.63. The molecule has 0 heterocycles. The zero-order chi connectivity index (χ0) is 12.9. The van der Waals surface area contributed by atoms with Crippen molar-refractivity contribution < 1.29 is 8.42 Å². The standard InChI is InChI=1S/C13H21NO2S/c1-13(2,3)14-17(15,16)11-7-10-12-8-5-4-6-9-12/h4-6,8-9,14H,7,10-11H2,1-3H3. The molecule has 0 fully saturated rings. The first-order chi connectivity index (χ1) is 7.79. The van der Waals surface area contributed by atoms with Gasteiger partial charge in [-0.15, -0.1) is 0 Å². The van der Waals surface area contributed by atoms with Crippen LogP contribution < -0.4 is 4.72 Å². The van der Waals surface area contributed by atoms with Gasteiger partial charge < -0.3 is 0 Å². The molecule has 96 valence electrons. The van der Waals surface area contributed by atoms with Crippen LogP contribution in [-0.4, -0.2) is 19.7 Å². The molecular formula is C13H21NO2S. The van der Waals surface area contributed by atoms with Crippen LogP contribution in [0.1, 0.15) is 32.8 Å². The maximum Gasteiger partial charge on any atom is 0.212 e. The SMILES string of the molecule is CC(C)(C)NS(=O)(=O)CCCc1ccccc1. The van der Waals surface area contributed by atoms with E-state index in [0.717, 1.165) is 6.42 Å². The van der Waals surface area contributed by atoms with Crippen molar-refractivity contribution in [2.75, 3.05) is 5.75 Å². The molecule has 0 amide bonds. The van der Waals surface area contributed by atoms with Crippen LogP contribution in [0.2, 0.25) is 0 Å². The normalized spacial score (nSPS) is 12.6. The third-order valence-electron chi connectivity index (χ3n) is 2.18. The topological polar surface area (TPSA) is 46.2 Å². The summed E-state index contributed by atoms with van der Waals surface area (Å²) in [5.41, 5.74) is 0.782. The van der Waals surface area contributed by atoms with Crippen molar-refractivity contribution in [3.8, 4) is 0 Å². The first kappa shape index (κ1) is 14.2. The molecule has 4 heteroatoms. The highest BCUT2D eigenvalue weighted by molar-refractivity contribution is 7.89. The molecule has 3 nitrogen and oxygen atoms in total. The molecule has 0 bridgehead atoms. The van der Waals surface area contributed by atoms with Crippen LogP contribution in [-0.2, 0) is 16.4 Å². The first-order valence-electron chi connectivity index (χ1n) is 5.84. The molecule has 0 saturated heterocycles. The average molecular weight is 255 g/mol. The van der Waals surface area contributed by atoms with Crippen molar-refractivity contribution in [2.24, 2.45) is 0 Å². The van der Waals surface area contributed by atoms with Gasteiger partial charge in [0.25, 0.3) is 0 Å². The zero-order valence-electron chi connectivity index (χ0n) is 10.7. The third-order valence-corrected chi connectivity index (χ3v) is 3.93. The van der Waals surface area contributed by atoms with Gasteiger partial charge in [-0.2, -0.15) is 0 Å². The lowest BCUT2D eigenvalue weighted by atomic mass is 10.1. The van der Waals surface area contributed by atoms with Crippen molar-refractivity contribution in [3.63, 3.8) is 0 Å². The number of nitrogens with one attached hydrogen (secondary N) is 1. The Morgan fingerprint density at radius 1 is 1.12 bits per heavy atom. The van der Waals surface area contributed by atoms with Crippen LogP contribution in [0.3, 0.4) is 0 Å². The van der Waals surface area contributed by atoms with E-state index in [2.05, 4.69) is 4.72 Å². The molecule has 1 aromatic carbocycles. The van der Waals surface area contributed by atoms with Gasteiger partial charge in [-0.25, -0.2) is 13.1 Å². The summed E-state index contributed by atoms with van der Waals surface area (Å²) in [4.78, 5) is 0. The fourth-order valence-corrected chi connectivity index (χ4v) is 3.19. The molecule has 1 N–H and O–H groups in total. The lowest BCUT2D eigenvalue weighted by molar-refractivity contribution is 0.490. The van der Waals surface area contributed by atoms with Crippen molar-refractivity contribution in [2.45, 2.75) is 39.2 Å². The molecule has 0 unspecified atom stereocenters. The molecule has 0 spiro atoms. The molecule has 1 aromatic rings. The minimum Gasteiger partial charge on any atom is -0.212 e. The Kier molecular flexibility index (Phi) is 4.71. The third kappa shape index (κ3) is 6.44. The van der Waals surface area contributed by atoms with Gasteiger partial charge in [-0.05, 0) is 39.2 Å². The molecule has 0 atom stereocenters. The van der Waals surface area contributed by atoms with E-state index in [4.69, 9.17) is 0 Å². The van der Waals surface area contributed by atoms with E-state index in [1.54, 1.807) is 0 Å². The molecule has 0 aliphatic heterocycles. The van der Waals surface area contributed by atoms with Gasteiger partial charge in [0.15, 0.2) is 0 Å². The highest BCUT2D eigenvalue weighted by Gasteiger charge is 2.19. The van der Waals surface area contributed by atoms with Gasteiger partial charge in [0.05, 0.1) is 5.75 Å². The van der Waals surface area contributed by atoms with Crippen molar-refractivity contribution in [3.05, 3.63) is 35.9 Å². The number of hydrogen-bond acceptors (Lipinski definition) is 2. The van der Waals surface area contributed by atoms with Gasteiger partial charge in [0, 0.05) is 5.54 Å². The van der Waals surface area contributed by atoms with E-state index in [9.17, 15) is 8.42 Å². The van der Waals surface area contributed by atoms with Crippen LogP contribution in [0.25, 0.3) is 0 Å². The van der Waals surface area contributed by atoms with Gasteiger partial charge in [-0.3, -0.25) is 0 Å². The van der Waals surface area contributed by atoms with E-state index < -0.39 is 15.6 Å². The largest absolute Gasteiger partial charge is 0.212 e. The van der Waals surface area contributed by atoms with Gasteiger partial charge >= 0.3 is 0 Å². The zero-order valence-corrected chi connectivity index (χ0v) is 11.5. The summed E-state index contributed by atoms with van der Waals surface area (Å²) in [6.45, 7) is 5.55. The summed E-state index contributed by atoms with van der Waals surface area (Å²) < 4.78 is 26.1. The molecule has 0 aliphatic carbocycles. The number of benzene rings is 1. The summed E-state index contributed by atoms with van der Waals surface area (Å²) in [5.74, 6) is 0.180. The smallest absolute Gasteiger partial charge is 0.212 e. The molecule has 17 heavy (non-hydrogen) atoms. The van der Waals surface area contributed by atoms with Crippen LogP contribution in [0.5, 0.6) is 0 Å². The van der Waals surface area contributed by atoms with Gasteiger partial charge in [0.2, 0.25) is 10.0 Å². The average Bonchev–Trinajstić information content (AvgIpc) is 2.15. The lowest BCUT2D eigenvalue weighted by Crippen LogP contribution is -2.41.